The molecule has 1 atom stereocenters. The molecule has 28 heavy (non-hydrogen) atoms. The number of carbonyl (C=O) groups excluding carboxylic acids is 1. The van der Waals surface area contributed by atoms with Crippen LogP contribution in [0.15, 0.2) is 6.20 Å². The Balaban J connectivity index is 1.42. The van der Waals surface area contributed by atoms with E-state index in [0.717, 1.165) is 80.9 Å². The molecule has 7 nitrogen and oxygen atoms in total. The van der Waals surface area contributed by atoms with Crippen LogP contribution >= 0.6 is 0 Å². The van der Waals surface area contributed by atoms with Crippen molar-refractivity contribution in [3.8, 4) is 0 Å². The van der Waals surface area contributed by atoms with Crippen molar-refractivity contribution in [2.45, 2.75) is 64.0 Å². The number of rotatable bonds is 2. The van der Waals surface area contributed by atoms with Gasteiger partial charge < -0.3 is 9.80 Å². The highest BCUT2D eigenvalue weighted by Crippen LogP contribution is 2.33. The number of H-pyrrole nitrogens is 1. The van der Waals surface area contributed by atoms with E-state index in [1.54, 1.807) is 0 Å². The molecule has 148 valence electrons. The summed E-state index contributed by atoms with van der Waals surface area (Å²) < 4.78 is 0. The molecule has 1 fully saturated rings. The fraction of sp³-hybridized carbons (Fsp3) is 0.619. The summed E-state index contributed by atoms with van der Waals surface area (Å²) in [5.74, 6) is 0.846. The van der Waals surface area contributed by atoms with E-state index in [1.165, 1.54) is 18.4 Å². The normalized spacial score (nSPS) is 22.6. The fourth-order valence-corrected chi connectivity index (χ4v) is 4.88. The summed E-state index contributed by atoms with van der Waals surface area (Å²) >= 11 is 0. The zero-order valence-electron chi connectivity index (χ0n) is 16.6. The van der Waals surface area contributed by atoms with Gasteiger partial charge in [-0.1, -0.05) is 6.42 Å². The molecule has 1 N–H and O–H groups in total. The smallest absolute Gasteiger partial charge is 0.275 e. The van der Waals surface area contributed by atoms with Crippen LogP contribution < -0.4 is 0 Å². The first-order valence-corrected chi connectivity index (χ1v) is 10.6. The van der Waals surface area contributed by atoms with Crippen LogP contribution in [-0.4, -0.2) is 56.0 Å². The SMILES string of the molecule is CN1CCc2nc(C3CCCN3C(=O)c3n[nH]c4c3CCCCC4)ncc2C1. The van der Waals surface area contributed by atoms with Gasteiger partial charge in [-0.3, -0.25) is 9.89 Å². The highest BCUT2D eigenvalue weighted by Gasteiger charge is 2.35. The molecule has 5 rings (SSSR count). The molecule has 0 saturated carbocycles. The van der Waals surface area contributed by atoms with Crippen LogP contribution in [-0.2, 0) is 25.8 Å². The van der Waals surface area contributed by atoms with Crippen molar-refractivity contribution in [1.29, 1.82) is 0 Å². The Morgan fingerprint density at radius 2 is 2.04 bits per heavy atom. The molecule has 1 aliphatic carbocycles. The third-order valence-electron chi connectivity index (χ3n) is 6.46. The zero-order chi connectivity index (χ0) is 19.1. The number of hydrogen-bond donors (Lipinski definition) is 1. The lowest BCUT2D eigenvalue weighted by Gasteiger charge is -2.27. The first kappa shape index (κ1) is 17.8. The van der Waals surface area contributed by atoms with E-state index in [1.807, 2.05) is 11.1 Å². The van der Waals surface area contributed by atoms with Crippen molar-refractivity contribution in [3.63, 3.8) is 0 Å². The molecule has 2 aromatic rings. The lowest BCUT2D eigenvalue weighted by Crippen LogP contribution is -2.33. The van der Waals surface area contributed by atoms with Gasteiger partial charge in [0.05, 0.1) is 6.04 Å². The average Bonchev–Trinajstić information content (AvgIpc) is 3.29. The van der Waals surface area contributed by atoms with Crippen LogP contribution in [0.25, 0.3) is 0 Å². The molecule has 7 heteroatoms. The molecular weight excluding hydrogens is 352 g/mol. The molecular formula is C21H28N6O. The predicted octanol–water partition coefficient (Wildman–Crippen LogP) is 2.43. The molecule has 0 spiro atoms. The van der Waals surface area contributed by atoms with Crippen molar-refractivity contribution in [3.05, 3.63) is 40.2 Å². The van der Waals surface area contributed by atoms with Gasteiger partial charge in [0, 0.05) is 54.8 Å². The maximum absolute atomic E-state index is 13.4. The Kier molecular flexibility index (Phi) is 4.62. The number of aromatic amines is 1. The van der Waals surface area contributed by atoms with Crippen molar-refractivity contribution in [2.24, 2.45) is 0 Å². The summed E-state index contributed by atoms with van der Waals surface area (Å²) in [4.78, 5) is 27.2. The van der Waals surface area contributed by atoms with Gasteiger partial charge in [-0.05, 0) is 45.6 Å². The third kappa shape index (κ3) is 3.11. The van der Waals surface area contributed by atoms with Crippen molar-refractivity contribution < 1.29 is 4.79 Å². The number of hydrogen-bond acceptors (Lipinski definition) is 5. The highest BCUT2D eigenvalue weighted by molar-refractivity contribution is 5.94. The van der Waals surface area contributed by atoms with Crippen molar-refractivity contribution in [2.75, 3.05) is 20.1 Å². The lowest BCUT2D eigenvalue weighted by atomic mass is 10.1. The number of carbonyl (C=O) groups is 1. The molecule has 2 aliphatic heterocycles. The summed E-state index contributed by atoms with van der Waals surface area (Å²) in [5, 5.41) is 7.56. The minimum absolute atomic E-state index is 0.0319. The number of aromatic nitrogens is 4. The summed E-state index contributed by atoms with van der Waals surface area (Å²) in [6.07, 6.45) is 10.3. The van der Waals surface area contributed by atoms with E-state index in [0.29, 0.717) is 5.69 Å². The summed E-state index contributed by atoms with van der Waals surface area (Å²) in [5.41, 5.74) is 5.29. The number of likely N-dealkylation sites (tertiary alicyclic amines) is 1. The average molecular weight is 380 g/mol. The first-order valence-electron chi connectivity index (χ1n) is 10.6. The second kappa shape index (κ2) is 7.28. The highest BCUT2D eigenvalue weighted by atomic mass is 16.2. The van der Waals surface area contributed by atoms with E-state index >= 15 is 0 Å². The number of nitrogens with one attached hydrogen (secondary N) is 1. The molecule has 1 unspecified atom stereocenters. The van der Waals surface area contributed by atoms with Gasteiger partial charge in [0.25, 0.3) is 5.91 Å². The van der Waals surface area contributed by atoms with Gasteiger partial charge in [0.1, 0.15) is 0 Å². The quantitative estimate of drug-likeness (QED) is 0.810. The fourth-order valence-electron chi connectivity index (χ4n) is 4.88. The molecule has 1 amide bonds. The Labute approximate surface area is 165 Å². The maximum atomic E-state index is 13.4. The molecule has 1 saturated heterocycles. The maximum Gasteiger partial charge on any atom is 0.275 e. The topological polar surface area (TPSA) is 78.0 Å². The van der Waals surface area contributed by atoms with Crippen molar-refractivity contribution >= 4 is 5.91 Å². The minimum atomic E-state index is -0.0319. The molecule has 2 aromatic heterocycles. The summed E-state index contributed by atoms with van der Waals surface area (Å²) in [7, 11) is 2.13. The second-order valence-electron chi connectivity index (χ2n) is 8.43. The third-order valence-corrected chi connectivity index (χ3v) is 6.46. The van der Waals surface area contributed by atoms with Crippen molar-refractivity contribution in [1.82, 2.24) is 30.0 Å². The van der Waals surface area contributed by atoms with Gasteiger partial charge in [0.2, 0.25) is 0 Å². The number of likely N-dealkylation sites (N-methyl/N-ethyl adjacent to an activating group) is 1. The van der Waals surface area contributed by atoms with E-state index in [2.05, 4.69) is 27.1 Å². The van der Waals surface area contributed by atoms with Gasteiger partial charge in [0.15, 0.2) is 11.5 Å². The number of fused-ring (bicyclic) bond motifs is 2. The van der Waals surface area contributed by atoms with E-state index < -0.39 is 0 Å². The molecule has 0 bridgehead atoms. The molecule has 0 radical (unpaired) electrons. The minimum Gasteiger partial charge on any atom is -0.327 e. The predicted molar refractivity (Wildman–Crippen MR) is 105 cm³/mol. The Morgan fingerprint density at radius 3 is 2.96 bits per heavy atom. The lowest BCUT2D eigenvalue weighted by molar-refractivity contribution is 0.0722. The van der Waals surface area contributed by atoms with E-state index in [4.69, 9.17) is 4.98 Å². The summed E-state index contributed by atoms with van der Waals surface area (Å²) in [6.45, 7) is 2.69. The largest absolute Gasteiger partial charge is 0.327 e. The Bertz CT molecular complexity index is 891. The molecule has 3 aliphatic rings. The van der Waals surface area contributed by atoms with Crippen LogP contribution in [0.5, 0.6) is 0 Å². The first-order chi connectivity index (χ1) is 13.7. The number of nitrogens with zero attached hydrogens (tertiary/aromatic N) is 5. The monoisotopic (exact) mass is 380 g/mol. The van der Waals surface area contributed by atoms with Crippen LogP contribution in [0.1, 0.15) is 77.0 Å². The Morgan fingerprint density at radius 1 is 1.14 bits per heavy atom. The van der Waals surface area contributed by atoms with Gasteiger partial charge in [-0.15, -0.1) is 0 Å². The van der Waals surface area contributed by atoms with Gasteiger partial charge in [-0.2, -0.15) is 5.10 Å². The van der Waals surface area contributed by atoms with Gasteiger partial charge in [-0.25, -0.2) is 9.97 Å². The molecule has 4 heterocycles. The summed E-state index contributed by atoms with van der Waals surface area (Å²) in [6, 6.07) is -0.0319. The van der Waals surface area contributed by atoms with E-state index in [-0.39, 0.29) is 11.9 Å². The van der Waals surface area contributed by atoms with Crippen LogP contribution in [0.2, 0.25) is 0 Å². The van der Waals surface area contributed by atoms with Crippen LogP contribution in [0, 0.1) is 0 Å². The number of amides is 1. The second-order valence-corrected chi connectivity index (χ2v) is 8.43. The van der Waals surface area contributed by atoms with Crippen LogP contribution in [0.3, 0.4) is 0 Å². The Hall–Kier alpha value is -2.28. The standard InChI is InChI=1S/C21H28N6O/c1-26-11-9-16-14(13-26)12-22-20(23-16)18-8-5-10-27(18)21(28)19-15-6-3-2-4-7-17(15)24-25-19/h12,18H,2-11,13H2,1H3,(H,24,25). The van der Waals surface area contributed by atoms with E-state index in [9.17, 15) is 4.79 Å². The number of aryl methyl sites for hydroxylation is 1. The molecule has 0 aromatic carbocycles. The zero-order valence-corrected chi connectivity index (χ0v) is 16.6. The van der Waals surface area contributed by atoms with Gasteiger partial charge >= 0.3 is 0 Å². The van der Waals surface area contributed by atoms with Crippen LogP contribution in [0.4, 0.5) is 0 Å².